The Labute approximate surface area is 143 Å². The number of carbonyl (C=O) groups is 3. The fraction of sp³-hybridized carbons (Fsp3) is 0.526. The lowest BCUT2D eigenvalue weighted by Crippen LogP contribution is -2.41. The Morgan fingerprint density at radius 2 is 1.62 bits per heavy atom. The number of aliphatic hydroxyl groups is 1. The molecule has 0 aliphatic carbocycles. The third-order valence-electron chi connectivity index (χ3n) is 3.89. The van der Waals surface area contributed by atoms with Gasteiger partial charge >= 0.3 is 0 Å². The van der Waals surface area contributed by atoms with Crippen LogP contribution >= 0.6 is 0 Å². The molecule has 0 aliphatic rings. The molecule has 0 aliphatic heterocycles. The van der Waals surface area contributed by atoms with E-state index < -0.39 is 12.6 Å². The fourth-order valence-electron chi connectivity index (χ4n) is 2.45. The molecule has 132 valence electrons. The quantitative estimate of drug-likeness (QED) is 0.574. The van der Waals surface area contributed by atoms with Crippen LogP contribution in [0.3, 0.4) is 0 Å². The van der Waals surface area contributed by atoms with E-state index in [-0.39, 0.29) is 17.5 Å². The molecule has 0 spiro atoms. The molecule has 0 saturated carbocycles. The molecule has 0 aromatic heterocycles. The van der Waals surface area contributed by atoms with Crippen LogP contribution < -0.4 is 5.32 Å². The minimum absolute atomic E-state index is 0.0466. The smallest absolute Gasteiger partial charge is 0.220 e. The Balaban J connectivity index is 2.26. The summed E-state index contributed by atoms with van der Waals surface area (Å²) >= 11 is 0. The van der Waals surface area contributed by atoms with Crippen LogP contribution in [0.4, 0.5) is 0 Å². The number of hydrogen-bond donors (Lipinski definition) is 2. The van der Waals surface area contributed by atoms with Gasteiger partial charge < -0.3 is 10.4 Å². The average molecular weight is 333 g/mol. The first kappa shape index (κ1) is 20.0. The Bertz CT molecular complexity index is 527. The summed E-state index contributed by atoms with van der Waals surface area (Å²) in [4.78, 5) is 34.7. The van der Waals surface area contributed by atoms with Crippen molar-refractivity contribution >= 4 is 17.5 Å². The van der Waals surface area contributed by atoms with Crippen LogP contribution in [0.2, 0.25) is 0 Å². The Morgan fingerprint density at radius 1 is 1.00 bits per heavy atom. The Morgan fingerprint density at radius 3 is 2.21 bits per heavy atom. The first-order valence-electron chi connectivity index (χ1n) is 8.49. The molecule has 1 aromatic carbocycles. The Hall–Kier alpha value is -2.01. The molecule has 1 atom stereocenters. The van der Waals surface area contributed by atoms with Crippen molar-refractivity contribution in [3.05, 3.63) is 35.9 Å². The van der Waals surface area contributed by atoms with Gasteiger partial charge in [-0.15, -0.1) is 0 Å². The van der Waals surface area contributed by atoms with Crippen LogP contribution in [0.1, 0.15) is 51.0 Å². The lowest BCUT2D eigenvalue weighted by atomic mass is 10.0. The summed E-state index contributed by atoms with van der Waals surface area (Å²) in [6, 6.07) is 9.14. The third kappa shape index (κ3) is 8.58. The van der Waals surface area contributed by atoms with Crippen LogP contribution in [0.25, 0.3) is 0 Å². The normalized spacial score (nSPS) is 11.8. The third-order valence-corrected chi connectivity index (χ3v) is 3.89. The number of aliphatic hydroxyl groups excluding tert-OH is 1. The van der Waals surface area contributed by atoms with Gasteiger partial charge in [-0.2, -0.15) is 0 Å². The predicted molar refractivity (Wildman–Crippen MR) is 92.6 cm³/mol. The molecular weight excluding hydrogens is 306 g/mol. The highest BCUT2D eigenvalue weighted by molar-refractivity contribution is 5.87. The molecule has 1 amide bonds. The van der Waals surface area contributed by atoms with Crippen molar-refractivity contribution < 1.29 is 19.5 Å². The number of nitrogens with one attached hydrogen (secondary N) is 1. The molecule has 0 unspecified atom stereocenters. The molecular formula is C19H27NO4. The molecule has 1 aromatic rings. The number of hydrogen-bond acceptors (Lipinski definition) is 4. The van der Waals surface area contributed by atoms with E-state index in [1.54, 1.807) is 0 Å². The van der Waals surface area contributed by atoms with Crippen molar-refractivity contribution in [3.63, 3.8) is 0 Å². The standard InChI is InChI=1S/C19H27NO4/c1-15(22)18(13-16-9-5-4-6-10-16)20-19(24)12-8-3-2-7-11-17(23)14-21/h4-6,9-10,18,21H,2-3,7-8,11-14H2,1H3,(H,20,24)/t18-/m0/s1. The van der Waals surface area contributed by atoms with Crippen molar-refractivity contribution in [2.24, 2.45) is 0 Å². The summed E-state index contributed by atoms with van der Waals surface area (Å²) in [6.45, 7) is 1.10. The largest absolute Gasteiger partial charge is 0.389 e. The van der Waals surface area contributed by atoms with E-state index in [2.05, 4.69) is 5.32 Å². The number of Topliss-reactive ketones (excluding diaryl/α,β-unsaturated/α-hetero) is 2. The minimum atomic E-state index is -0.484. The maximum atomic E-state index is 12.0. The summed E-state index contributed by atoms with van der Waals surface area (Å²) in [5.41, 5.74) is 1.02. The van der Waals surface area contributed by atoms with E-state index in [9.17, 15) is 14.4 Å². The summed E-state index contributed by atoms with van der Waals surface area (Å²) < 4.78 is 0. The molecule has 2 N–H and O–H groups in total. The fourth-order valence-corrected chi connectivity index (χ4v) is 2.45. The van der Waals surface area contributed by atoms with Gasteiger partial charge in [0.25, 0.3) is 0 Å². The predicted octanol–water partition coefficient (Wildman–Crippen LogP) is 2.20. The molecule has 5 nitrogen and oxygen atoms in total. The topological polar surface area (TPSA) is 83.5 Å². The van der Waals surface area contributed by atoms with E-state index in [1.165, 1.54) is 6.92 Å². The van der Waals surface area contributed by atoms with Crippen LogP contribution in [0.5, 0.6) is 0 Å². The van der Waals surface area contributed by atoms with E-state index in [1.807, 2.05) is 30.3 Å². The zero-order valence-corrected chi connectivity index (χ0v) is 14.3. The molecule has 1 rings (SSSR count). The molecule has 24 heavy (non-hydrogen) atoms. The lowest BCUT2D eigenvalue weighted by molar-refractivity contribution is -0.126. The Kier molecular flexibility index (Phi) is 9.61. The summed E-state index contributed by atoms with van der Waals surface area (Å²) in [5.74, 6) is -0.301. The molecule has 0 bridgehead atoms. The van der Waals surface area contributed by atoms with Crippen LogP contribution in [0.15, 0.2) is 30.3 Å². The first-order chi connectivity index (χ1) is 11.5. The van der Waals surface area contributed by atoms with Gasteiger partial charge in [-0.3, -0.25) is 14.4 Å². The van der Waals surface area contributed by atoms with Crippen LogP contribution in [0, 0.1) is 0 Å². The van der Waals surface area contributed by atoms with Crippen molar-refractivity contribution in [2.45, 2.75) is 57.9 Å². The highest BCUT2D eigenvalue weighted by Crippen LogP contribution is 2.07. The van der Waals surface area contributed by atoms with Crippen molar-refractivity contribution in [1.82, 2.24) is 5.32 Å². The number of rotatable bonds is 12. The number of unbranched alkanes of at least 4 members (excludes halogenated alkanes) is 3. The van der Waals surface area contributed by atoms with E-state index >= 15 is 0 Å². The van der Waals surface area contributed by atoms with Crippen LogP contribution in [-0.4, -0.2) is 35.2 Å². The lowest BCUT2D eigenvalue weighted by Gasteiger charge is -2.16. The van der Waals surface area contributed by atoms with Gasteiger partial charge in [-0.05, 0) is 31.7 Å². The van der Waals surface area contributed by atoms with Gasteiger partial charge in [0.2, 0.25) is 5.91 Å². The average Bonchev–Trinajstić information content (AvgIpc) is 2.57. The van der Waals surface area contributed by atoms with E-state index in [0.29, 0.717) is 19.3 Å². The van der Waals surface area contributed by atoms with Gasteiger partial charge in [0, 0.05) is 12.8 Å². The second-order valence-corrected chi connectivity index (χ2v) is 6.03. The highest BCUT2D eigenvalue weighted by Gasteiger charge is 2.17. The zero-order valence-electron chi connectivity index (χ0n) is 14.3. The summed E-state index contributed by atoms with van der Waals surface area (Å²) in [7, 11) is 0. The van der Waals surface area contributed by atoms with Gasteiger partial charge in [0.1, 0.15) is 6.61 Å². The van der Waals surface area contributed by atoms with Crippen LogP contribution in [-0.2, 0) is 20.8 Å². The van der Waals surface area contributed by atoms with E-state index in [0.717, 1.165) is 31.2 Å². The number of carbonyl (C=O) groups excluding carboxylic acids is 3. The van der Waals surface area contributed by atoms with Crippen molar-refractivity contribution in [2.75, 3.05) is 6.61 Å². The molecule has 5 heteroatoms. The molecule has 0 fully saturated rings. The van der Waals surface area contributed by atoms with Gasteiger partial charge in [0.15, 0.2) is 11.6 Å². The van der Waals surface area contributed by atoms with Gasteiger partial charge in [-0.25, -0.2) is 0 Å². The number of ketones is 2. The molecule has 0 saturated heterocycles. The van der Waals surface area contributed by atoms with Gasteiger partial charge in [-0.1, -0.05) is 43.2 Å². The van der Waals surface area contributed by atoms with Crippen molar-refractivity contribution in [1.29, 1.82) is 0 Å². The van der Waals surface area contributed by atoms with Gasteiger partial charge in [0.05, 0.1) is 6.04 Å². The SMILES string of the molecule is CC(=O)[C@H](Cc1ccccc1)NC(=O)CCCCCCC(=O)CO. The second-order valence-electron chi connectivity index (χ2n) is 6.03. The zero-order chi connectivity index (χ0) is 17.8. The number of benzene rings is 1. The number of amides is 1. The maximum Gasteiger partial charge on any atom is 0.220 e. The monoisotopic (exact) mass is 333 g/mol. The highest BCUT2D eigenvalue weighted by atomic mass is 16.3. The maximum absolute atomic E-state index is 12.0. The minimum Gasteiger partial charge on any atom is -0.389 e. The first-order valence-corrected chi connectivity index (χ1v) is 8.49. The van der Waals surface area contributed by atoms with Crippen molar-refractivity contribution in [3.8, 4) is 0 Å². The summed E-state index contributed by atoms with van der Waals surface area (Å²) in [5, 5.41) is 11.4. The second kappa shape index (κ2) is 11.5. The molecule has 0 heterocycles. The summed E-state index contributed by atoms with van der Waals surface area (Å²) in [6.07, 6.45) is 4.47. The van der Waals surface area contributed by atoms with E-state index in [4.69, 9.17) is 5.11 Å². The molecule has 0 radical (unpaired) electrons.